The van der Waals surface area contributed by atoms with E-state index in [1.54, 1.807) is 6.07 Å². The second kappa shape index (κ2) is 5.07. The number of para-hydroxylation sites is 2. The number of hydrogen-bond donors (Lipinski definition) is 1. The Kier molecular flexibility index (Phi) is 3.73. The number of benzene rings is 1. The standard InChI is InChI=1S/C11H13NO2/c1-3-11(13)12-9-7-5-6-8-10(9)14-4-2/h3,5-8H,1,4H2,2H3,(H,12,13). The zero-order chi connectivity index (χ0) is 10.4. The monoisotopic (exact) mass is 191 g/mol. The molecule has 0 spiro atoms. The van der Waals surface area contributed by atoms with Crippen molar-refractivity contribution in [2.24, 2.45) is 0 Å². The molecule has 0 radical (unpaired) electrons. The van der Waals surface area contributed by atoms with E-state index >= 15 is 0 Å². The molecule has 0 aromatic heterocycles. The van der Waals surface area contributed by atoms with E-state index < -0.39 is 0 Å². The van der Waals surface area contributed by atoms with Crippen LogP contribution < -0.4 is 10.1 Å². The van der Waals surface area contributed by atoms with Crippen molar-refractivity contribution in [2.75, 3.05) is 11.9 Å². The van der Waals surface area contributed by atoms with Crippen LogP contribution in [0.15, 0.2) is 36.9 Å². The number of nitrogens with one attached hydrogen (secondary N) is 1. The van der Waals surface area contributed by atoms with Crippen LogP contribution in [0.4, 0.5) is 5.69 Å². The van der Waals surface area contributed by atoms with Gasteiger partial charge in [-0.15, -0.1) is 0 Å². The summed E-state index contributed by atoms with van der Waals surface area (Å²) in [5.41, 5.74) is 0.666. The molecule has 1 rings (SSSR count). The lowest BCUT2D eigenvalue weighted by Crippen LogP contribution is -2.08. The van der Waals surface area contributed by atoms with E-state index in [0.29, 0.717) is 18.0 Å². The number of amides is 1. The third-order valence-corrected chi connectivity index (χ3v) is 1.63. The van der Waals surface area contributed by atoms with Crippen LogP contribution >= 0.6 is 0 Å². The quantitative estimate of drug-likeness (QED) is 0.741. The normalized spacial score (nSPS) is 9.21. The first-order valence-electron chi connectivity index (χ1n) is 4.43. The molecule has 14 heavy (non-hydrogen) atoms. The van der Waals surface area contributed by atoms with Crippen molar-refractivity contribution in [3.63, 3.8) is 0 Å². The highest BCUT2D eigenvalue weighted by atomic mass is 16.5. The topological polar surface area (TPSA) is 38.3 Å². The summed E-state index contributed by atoms with van der Waals surface area (Å²) in [6, 6.07) is 7.28. The Bertz CT molecular complexity index is 334. The van der Waals surface area contributed by atoms with Crippen molar-refractivity contribution in [3.8, 4) is 5.75 Å². The molecule has 0 aliphatic carbocycles. The van der Waals surface area contributed by atoms with Gasteiger partial charge in [-0.3, -0.25) is 4.79 Å². The van der Waals surface area contributed by atoms with Gasteiger partial charge in [-0.2, -0.15) is 0 Å². The lowest BCUT2D eigenvalue weighted by molar-refractivity contribution is -0.111. The Morgan fingerprint density at radius 2 is 2.29 bits per heavy atom. The van der Waals surface area contributed by atoms with E-state index in [2.05, 4.69) is 11.9 Å². The minimum absolute atomic E-state index is 0.239. The highest BCUT2D eigenvalue weighted by molar-refractivity contribution is 5.99. The molecule has 0 aliphatic heterocycles. The molecule has 0 fully saturated rings. The largest absolute Gasteiger partial charge is 0.492 e. The molecule has 0 bridgehead atoms. The van der Waals surface area contributed by atoms with Gasteiger partial charge in [0.1, 0.15) is 5.75 Å². The molecule has 0 aliphatic rings. The fourth-order valence-electron chi connectivity index (χ4n) is 1.04. The Hall–Kier alpha value is -1.77. The van der Waals surface area contributed by atoms with Crippen LogP contribution in [0.5, 0.6) is 5.75 Å². The van der Waals surface area contributed by atoms with Crippen LogP contribution in [0.2, 0.25) is 0 Å². The van der Waals surface area contributed by atoms with Gasteiger partial charge in [0.05, 0.1) is 12.3 Å². The van der Waals surface area contributed by atoms with Crippen molar-refractivity contribution >= 4 is 11.6 Å². The van der Waals surface area contributed by atoms with E-state index in [-0.39, 0.29) is 5.91 Å². The summed E-state index contributed by atoms with van der Waals surface area (Å²) in [7, 11) is 0. The van der Waals surface area contributed by atoms with Gasteiger partial charge in [-0.05, 0) is 25.1 Å². The van der Waals surface area contributed by atoms with E-state index in [1.807, 2.05) is 25.1 Å². The summed E-state index contributed by atoms with van der Waals surface area (Å²) in [5.74, 6) is 0.433. The number of ether oxygens (including phenoxy) is 1. The zero-order valence-electron chi connectivity index (χ0n) is 8.12. The van der Waals surface area contributed by atoms with Crippen molar-refractivity contribution in [3.05, 3.63) is 36.9 Å². The fraction of sp³-hybridized carbons (Fsp3) is 0.182. The zero-order valence-corrected chi connectivity index (χ0v) is 8.12. The number of rotatable bonds is 4. The minimum Gasteiger partial charge on any atom is -0.492 e. The third kappa shape index (κ3) is 2.62. The van der Waals surface area contributed by atoms with E-state index in [1.165, 1.54) is 6.08 Å². The van der Waals surface area contributed by atoms with E-state index in [9.17, 15) is 4.79 Å². The highest BCUT2D eigenvalue weighted by Gasteiger charge is 2.03. The summed E-state index contributed by atoms with van der Waals surface area (Å²) in [6.07, 6.45) is 1.22. The van der Waals surface area contributed by atoms with Crippen LogP contribution in [0.3, 0.4) is 0 Å². The highest BCUT2D eigenvalue weighted by Crippen LogP contribution is 2.23. The van der Waals surface area contributed by atoms with Crippen molar-refractivity contribution < 1.29 is 9.53 Å². The van der Waals surface area contributed by atoms with Gasteiger partial charge >= 0.3 is 0 Å². The average molecular weight is 191 g/mol. The molecule has 0 unspecified atom stereocenters. The van der Waals surface area contributed by atoms with Crippen LogP contribution in [0, 0.1) is 0 Å². The molecule has 0 heterocycles. The van der Waals surface area contributed by atoms with Gasteiger partial charge in [0.25, 0.3) is 0 Å². The number of carbonyl (C=O) groups is 1. The summed E-state index contributed by atoms with van der Waals surface area (Å²) in [6.45, 7) is 5.84. The van der Waals surface area contributed by atoms with Gasteiger partial charge < -0.3 is 10.1 Å². The van der Waals surface area contributed by atoms with Gasteiger partial charge in [0, 0.05) is 0 Å². The second-order valence-corrected chi connectivity index (χ2v) is 2.62. The first-order valence-corrected chi connectivity index (χ1v) is 4.43. The fourth-order valence-corrected chi connectivity index (χ4v) is 1.04. The second-order valence-electron chi connectivity index (χ2n) is 2.62. The number of anilines is 1. The molecular formula is C11H13NO2. The summed E-state index contributed by atoms with van der Waals surface area (Å²) in [4.78, 5) is 11.1. The smallest absolute Gasteiger partial charge is 0.247 e. The van der Waals surface area contributed by atoms with Crippen LogP contribution in [-0.2, 0) is 4.79 Å². The van der Waals surface area contributed by atoms with Gasteiger partial charge in [-0.1, -0.05) is 18.7 Å². The molecule has 1 amide bonds. The molecule has 1 aromatic rings. The van der Waals surface area contributed by atoms with E-state index in [4.69, 9.17) is 4.74 Å². The SMILES string of the molecule is C=CC(=O)Nc1ccccc1OCC. The van der Waals surface area contributed by atoms with Crippen LogP contribution in [-0.4, -0.2) is 12.5 Å². The molecule has 0 saturated heterocycles. The minimum atomic E-state index is -0.239. The average Bonchev–Trinajstić information content (AvgIpc) is 2.21. The predicted molar refractivity (Wildman–Crippen MR) is 56.4 cm³/mol. The molecule has 74 valence electrons. The molecule has 3 nitrogen and oxygen atoms in total. The maximum Gasteiger partial charge on any atom is 0.247 e. The van der Waals surface area contributed by atoms with Crippen LogP contribution in [0.1, 0.15) is 6.92 Å². The Labute approximate surface area is 83.4 Å². The summed E-state index contributed by atoms with van der Waals surface area (Å²) < 4.78 is 5.33. The maximum atomic E-state index is 11.1. The maximum absolute atomic E-state index is 11.1. The molecular weight excluding hydrogens is 178 g/mol. The van der Waals surface area contributed by atoms with Gasteiger partial charge in [0.15, 0.2) is 0 Å². The van der Waals surface area contributed by atoms with Gasteiger partial charge in [0.2, 0.25) is 5.91 Å². The first-order chi connectivity index (χ1) is 6.77. The molecule has 1 aromatic carbocycles. The van der Waals surface area contributed by atoms with Gasteiger partial charge in [-0.25, -0.2) is 0 Å². The molecule has 1 N–H and O–H groups in total. The summed E-state index contributed by atoms with van der Waals surface area (Å²) in [5, 5.41) is 2.66. The van der Waals surface area contributed by atoms with Crippen molar-refractivity contribution in [1.82, 2.24) is 0 Å². The van der Waals surface area contributed by atoms with Crippen molar-refractivity contribution in [2.45, 2.75) is 6.92 Å². The van der Waals surface area contributed by atoms with Crippen molar-refractivity contribution in [1.29, 1.82) is 0 Å². The first kappa shape index (κ1) is 10.3. The third-order valence-electron chi connectivity index (χ3n) is 1.63. The van der Waals surface area contributed by atoms with Crippen LogP contribution in [0.25, 0.3) is 0 Å². The Morgan fingerprint density at radius 3 is 2.93 bits per heavy atom. The Balaban J connectivity index is 2.83. The lowest BCUT2D eigenvalue weighted by atomic mass is 10.3. The summed E-state index contributed by atoms with van der Waals surface area (Å²) >= 11 is 0. The molecule has 3 heteroatoms. The lowest BCUT2D eigenvalue weighted by Gasteiger charge is -2.09. The molecule has 0 atom stereocenters. The Morgan fingerprint density at radius 1 is 1.57 bits per heavy atom. The molecule has 0 saturated carbocycles. The van der Waals surface area contributed by atoms with E-state index in [0.717, 1.165) is 0 Å². The predicted octanol–water partition coefficient (Wildman–Crippen LogP) is 2.21. The number of hydrogen-bond acceptors (Lipinski definition) is 2. The number of carbonyl (C=O) groups excluding carboxylic acids is 1.